The summed E-state index contributed by atoms with van der Waals surface area (Å²) < 4.78 is 1.17. The van der Waals surface area contributed by atoms with Crippen molar-refractivity contribution >= 4 is 11.8 Å². The van der Waals surface area contributed by atoms with E-state index in [0.717, 1.165) is 6.20 Å². The predicted molar refractivity (Wildman–Crippen MR) is 57.2 cm³/mol. The third-order valence-corrected chi connectivity index (χ3v) is 2.12. The fraction of sp³-hybridized carbons (Fsp3) is 0. The summed E-state index contributed by atoms with van der Waals surface area (Å²) in [7, 11) is 0. The molecule has 7 nitrogen and oxygen atoms in total. The highest BCUT2D eigenvalue weighted by Gasteiger charge is 2.26. The zero-order chi connectivity index (χ0) is 12.4. The molecule has 7 heteroatoms. The molecule has 1 aromatic carbocycles. The Kier molecular flexibility index (Phi) is 2.57. The van der Waals surface area contributed by atoms with Crippen LogP contribution in [-0.2, 0) is 0 Å². The van der Waals surface area contributed by atoms with Gasteiger partial charge in [-0.2, -0.15) is 0 Å². The number of rotatable bonds is 3. The van der Waals surface area contributed by atoms with Gasteiger partial charge >= 0.3 is 11.8 Å². The lowest BCUT2D eigenvalue weighted by atomic mass is 10.3. The first-order valence-corrected chi connectivity index (χ1v) is 4.62. The molecule has 0 unspecified atom stereocenters. The van der Waals surface area contributed by atoms with E-state index < -0.39 is 22.3 Å². The van der Waals surface area contributed by atoms with Gasteiger partial charge in [0.1, 0.15) is 0 Å². The van der Waals surface area contributed by atoms with E-state index in [1.54, 1.807) is 30.3 Å². The molecule has 2 rings (SSSR count). The quantitative estimate of drug-likeness (QED) is 0.639. The molecule has 0 fully saturated rings. The fourth-order valence-corrected chi connectivity index (χ4v) is 1.36. The van der Waals surface area contributed by atoms with Crippen LogP contribution in [0.3, 0.4) is 0 Å². The van der Waals surface area contributed by atoms with Crippen LogP contribution < -0.4 is 0 Å². The largest absolute Gasteiger partial charge is 0.477 e. The van der Waals surface area contributed by atoms with Crippen molar-refractivity contribution in [1.82, 2.24) is 9.78 Å². The van der Waals surface area contributed by atoms with Gasteiger partial charge in [-0.1, -0.05) is 18.2 Å². The lowest BCUT2D eigenvalue weighted by molar-refractivity contribution is -0.390. The van der Waals surface area contributed by atoms with Crippen molar-refractivity contribution in [2.75, 3.05) is 0 Å². The van der Waals surface area contributed by atoms with Crippen molar-refractivity contribution in [3.8, 4) is 5.69 Å². The Bertz CT molecular complexity index is 545. The molecule has 1 heterocycles. The Morgan fingerprint density at radius 2 is 2.00 bits per heavy atom. The minimum atomic E-state index is -1.38. The molecule has 0 amide bonds. The molecule has 0 saturated heterocycles. The molecule has 2 aromatic rings. The monoisotopic (exact) mass is 233 g/mol. The number of aromatic carboxylic acids is 1. The van der Waals surface area contributed by atoms with Gasteiger partial charge in [-0.15, -0.1) is 4.68 Å². The van der Waals surface area contributed by atoms with E-state index in [-0.39, 0.29) is 0 Å². The van der Waals surface area contributed by atoms with E-state index in [2.05, 4.69) is 5.10 Å². The minimum Gasteiger partial charge on any atom is -0.477 e. The van der Waals surface area contributed by atoms with Gasteiger partial charge in [0.05, 0.1) is 17.0 Å². The van der Waals surface area contributed by atoms with Crippen LogP contribution in [-0.4, -0.2) is 25.8 Å². The number of nitrogens with zero attached hydrogens (tertiary/aromatic N) is 3. The highest BCUT2D eigenvalue weighted by Crippen LogP contribution is 2.18. The molecule has 86 valence electrons. The highest BCUT2D eigenvalue weighted by atomic mass is 16.6. The number of para-hydroxylation sites is 1. The summed E-state index contributed by atoms with van der Waals surface area (Å²) >= 11 is 0. The second-order valence-electron chi connectivity index (χ2n) is 3.21. The zero-order valence-electron chi connectivity index (χ0n) is 8.48. The van der Waals surface area contributed by atoms with Crippen molar-refractivity contribution in [2.45, 2.75) is 0 Å². The molecular formula is C10H7N3O4. The Hall–Kier alpha value is -2.70. The number of carboxylic acids is 1. The summed E-state index contributed by atoms with van der Waals surface area (Å²) in [4.78, 5) is 20.6. The van der Waals surface area contributed by atoms with Crippen molar-refractivity contribution in [3.05, 3.63) is 52.2 Å². The molecule has 0 bridgehead atoms. The van der Waals surface area contributed by atoms with Gasteiger partial charge in [0.15, 0.2) is 5.56 Å². The van der Waals surface area contributed by atoms with Gasteiger partial charge in [0.25, 0.3) is 0 Å². The first-order chi connectivity index (χ1) is 8.09. The third-order valence-electron chi connectivity index (χ3n) is 2.12. The van der Waals surface area contributed by atoms with Crippen LogP contribution in [0.15, 0.2) is 36.5 Å². The zero-order valence-corrected chi connectivity index (χ0v) is 8.48. The van der Waals surface area contributed by atoms with E-state index in [9.17, 15) is 14.9 Å². The van der Waals surface area contributed by atoms with Crippen molar-refractivity contribution in [2.24, 2.45) is 0 Å². The molecule has 1 aromatic heterocycles. The van der Waals surface area contributed by atoms with Crippen LogP contribution in [0.4, 0.5) is 5.82 Å². The van der Waals surface area contributed by atoms with E-state index in [1.165, 1.54) is 4.68 Å². The molecule has 0 atom stereocenters. The topological polar surface area (TPSA) is 98.3 Å². The van der Waals surface area contributed by atoms with Crippen molar-refractivity contribution < 1.29 is 14.8 Å². The van der Waals surface area contributed by atoms with Crippen LogP contribution in [0.25, 0.3) is 5.69 Å². The molecular weight excluding hydrogens is 226 g/mol. The molecule has 0 spiro atoms. The normalized spacial score (nSPS) is 10.1. The predicted octanol–water partition coefficient (Wildman–Crippen LogP) is 1.48. The maximum Gasteiger partial charge on any atom is 0.405 e. The number of nitro groups is 1. The van der Waals surface area contributed by atoms with Gasteiger partial charge in [0.2, 0.25) is 0 Å². The number of hydrogen-bond donors (Lipinski definition) is 1. The third kappa shape index (κ3) is 1.98. The van der Waals surface area contributed by atoms with Crippen LogP contribution in [0.5, 0.6) is 0 Å². The van der Waals surface area contributed by atoms with Crippen LogP contribution in [0.2, 0.25) is 0 Å². The van der Waals surface area contributed by atoms with Crippen molar-refractivity contribution in [1.29, 1.82) is 0 Å². The standard InChI is InChI=1S/C10H7N3O4/c14-10(15)8-6-12(11-9(8)13(16)17)7-4-2-1-3-5-7/h1-6H,(H,14,15). The Morgan fingerprint density at radius 3 is 2.47 bits per heavy atom. The second-order valence-corrected chi connectivity index (χ2v) is 3.21. The number of benzene rings is 1. The SMILES string of the molecule is O=C(O)c1cn(-c2ccccc2)nc1[N+](=O)[O-]. The second kappa shape index (κ2) is 4.05. The average Bonchev–Trinajstić information content (AvgIpc) is 2.75. The van der Waals surface area contributed by atoms with Gasteiger partial charge < -0.3 is 15.2 Å². The average molecular weight is 233 g/mol. The van der Waals surface area contributed by atoms with E-state index in [1.807, 2.05) is 0 Å². The number of carbonyl (C=O) groups is 1. The summed E-state index contributed by atoms with van der Waals surface area (Å²) in [5.74, 6) is -2.04. The molecule has 0 aliphatic rings. The lowest BCUT2D eigenvalue weighted by Gasteiger charge is -1.93. The molecule has 17 heavy (non-hydrogen) atoms. The minimum absolute atomic E-state index is 0.432. The molecule has 0 aliphatic heterocycles. The van der Waals surface area contributed by atoms with Gasteiger partial charge in [-0.3, -0.25) is 0 Å². The van der Waals surface area contributed by atoms with Gasteiger partial charge in [-0.05, 0) is 17.1 Å². The highest BCUT2D eigenvalue weighted by molar-refractivity contribution is 5.91. The Morgan fingerprint density at radius 1 is 1.35 bits per heavy atom. The number of carboxylic acid groups (broad SMARTS) is 1. The lowest BCUT2D eigenvalue weighted by Crippen LogP contribution is -1.99. The van der Waals surface area contributed by atoms with E-state index in [0.29, 0.717) is 5.69 Å². The van der Waals surface area contributed by atoms with E-state index in [4.69, 9.17) is 5.11 Å². The van der Waals surface area contributed by atoms with Crippen LogP contribution in [0.1, 0.15) is 10.4 Å². The number of aromatic nitrogens is 2. The Balaban J connectivity index is 2.55. The molecule has 0 radical (unpaired) electrons. The smallest absolute Gasteiger partial charge is 0.405 e. The summed E-state index contributed by atoms with van der Waals surface area (Å²) in [5.41, 5.74) is 0.127. The van der Waals surface area contributed by atoms with Crippen LogP contribution in [0, 0.1) is 10.1 Å². The molecule has 0 aliphatic carbocycles. The van der Waals surface area contributed by atoms with Gasteiger partial charge in [0, 0.05) is 0 Å². The maximum absolute atomic E-state index is 10.8. The summed E-state index contributed by atoms with van der Waals surface area (Å²) in [6.45, 7) is 0. The first kappa shape index (κ1) is 10.8. The number of hydrogen-bond acceptors (Lipinski definition) is 4. The van der Waals surface area contributed by atoms with Gasteiger partial charge in [-0.25, -0.2) is 4.79 Å². The Labute approximate surface area is 95.1 Å². The summed E-state index contributed by atoms with van der Waals surface area (Å²) in [6, 6.07) is 8.57. The fourth-order valence-electron chi connectivity index (χ4n) is 1.36. The first-order valence-electron chi connectivity index (χ1n) is 4.62. The van der Waals surface area contributed by atoms with Crippen molar-refractivity contribution in [3.63, 3.8) is 0 Å². The summed E-state index contributed by atoms with van der Waals surface area (Å²) in [6.07, 6.45) is 1.12. The molecule has 0 saturated carbocycles. The summed E-state index contributed by atoms with van der Waals surface area (Å²) in [5, 5.41) is 23.1. The van der Waals surface area contributed by atoms with Crippen LogP contribution >= 0.6 is 0 Å². The maximum atomic E-state index is 10.8. The molecule has 1 N–H and O–H groups in total. The van der Waals surface area contributed by atoms with E-state index >= 15 is 0 Å².